The Labute approximate surface area is 263 Å². The zero-order chi connectivity index (χ0) is 37.2. The summed E-state index contributed by atoms with van der Waals surface area (Å²) in [4.78, 5) is 0. The van der Waals surface area contributed by atoms with E-state index in [1.807, 2.05) is 0 Å². The third kappa shape index (κ3) is 5.13. The van der Waals surface area contributed by atoms with Crippen LogP contribution in [0.4, 0.5) is 61.5 Å². The van der Waals surface area contributed by atoms with Crippen molar-refractivity contribution in [2.45, 2.75) is 20.0 Å². The lowest BCUT2D eigenvalue weighted by atomic mass is 9.96. The van der Waals surface area contributed by atoms with E-state index in [4.69, 9.17) is 5.26 Å². The van der Waals surface area contributed by atoms with Gasteiger partial charge >= 0.3 is 6.18 Å². The number of nitriles is 4. The summed E-state index contributed by atoms with van der Waals surface area (Å²) in [6.45, 7) is 1.21. The zero-order valence-corrected chi connectivity index (χ0v) is 23.6. The van der Waals surface area contributed by atoms with Crippen LogP contribution >= 0.6 is 0 Å². The molecule has 18 heteroatoms. The van der Waals surface area contributed by atoms with Crippen LogP contribution in [-0.2, 0) is 6.18 Å². The van der Waals surface area contributed by atoms with Crippen LogP contribution in [0.5, 0.6) is 0 Å². The molecular formula is C31H6F14N4. The van der Waals surface area contributed by atoms with Crippen LogP contribution in [0.2, 0.25) is 0 Å². The molecule has 1 fully saturated rings. The smallest absolute Gasteiger partial charge is 0.206 e. The second-order valence-corrected chi connectivity index (χ2v) is 9.77. The maximum absolute atomic E-state index is 15.4. The SMILES string of the molecule is Cc1c(F)c(F)c(/C(C#N)=C2/C(=C(C#N)c3c(F)c(C)c(C#N)c(F)c3F)/C2=C(/C#N)c2c(F)c(F)c(C(F)(F)F)c(F)c2F)c(F)c1F. The fourth-order valence-electron chi connectivity index (χ4n) is 4.84. The molecule has 0 N–H and O–H groups in total. The Balaban J connectivity index is 2.37. The van der Waals surface area contributed by atoms with Crippen LogP contribution in [0.15, 0.2) is 16.7 Å². The molecule has 0 heterocycles. The normalized spacial score (nSPS) is 15.6. The number of hydrogen-bond acceptors (Lipinski definition) is 4. The first-order valence-corrected chi connectivity index (χ1v) is 12.5. The minimum Gasteiger partial charge on any atom is -0.206 e. The fraction of sp³-hybridized carbons (Fsp3) is 0.0968. The highest BCUT2D eigenvalue weighted by atomic mass is 19.4. The van der Waals surface area contributed by atoms with Crippen LogP contribution in [0.3, 0.4) is 0 Å². The van der Waals surface area contributed by atoms with Gasteiger partial charge in [0.15, 0.2) is 58.2 Å². The summed E-state index contributed by atoms with van der Waals surface area (Å²) in [5.41, 5.74) is -22.1. The lowest BCUT2D eigenvalue weighted by molar-refractivity contribution is -0.143. The molecule has 0 spiro atoms. The largest absolute Gasteiger partial charge is 0.422 e. The molecule has 3 aromatic carbocycles. The monoisotopic (exact) mass is 700 g/mol. The molecule has 0 radical (unpaired) electrons. The molecule has 0 bridgehead atoms. The van der Waals surface area contributed by atoms with Crippen molar-refractivity contribution in [3.63, 3.8) is 0 Å². The molecule has 1 saturated carbocycles. The number of rotatable bonds is 3. The van der Waals surface area contributed by atoms with E-state index < -0.39 is 143 Å². The molecule has 0 saturated heterocycles. The summed E-state index contributed by atoms with van der Waals surface area (Å²) in [6.07, 6.45) is -6.09. The molecule has 3 aromatic rings. The molecule has 1 aliphatic carbocycles. The molecule has 0 unspecified atom stereocenters. The van der Waals surface area contributed by atoms with Crippen molar-refractivity contribution >= 4 is 16.7 Å². The van der Waals surface area contributed by atoms with Gasteiger partial charge in [0, 0.05) is 27.8 Å². The molecule has 4 nitrogen and oxygen atoms in total. The number of nitrogens with zero attached hydrogens (tertiary/aromatic N) is 4. The van der Waals surface area contributed by atoms with Crippen molar-refractivity contribution in [2.24, 2.45) is 0 Å². The zero-order valence-electron chi connectivity index (χ0n) is 23.6. The molecular weight excluding hydrogens is 694 g/mol. The van der Waals surface area contributed by atoms with Gasteiger partial charge in [0.05, 0.1) is 39.0 Å². The van der Waals surface area contributed by atoms with Gasteiger partial charge in [0.25, 0.3) is 0 Å². The number of alkyl halides is 3. The number of allylic oxidation sites excluding steroid dienone is 6. The van der Waals surface area contributed by atoms with Crippen molar-refractivity contribution in [3.05, 3.63) is 120 Å². The minimum absolute atomic E-state index is 0.530. The second-order valence-electron chi connectivity index (χ2n) is 9.77. The van der Waals surface area contributed by atoms with E-state index in [1.165, 1.54) is 0 Å². The van der Waals surface area contributed by atoms with Crippen LogP contribution in [0.25, 0.3) is 16.7 Å². The number of halogens is 14. The first-order chi connectivity index (χ1) is 22.8. The van der Waals surface area contributed by atoms with Crippen LogP contribution in [0.1, 0.15) is 38.9 Å². The molecule has 0 aliphatic heterocycles. The Morgan fingerprint density at radius 2 is 0.735 bits per heavy atom. The summed E-state index contributed by atoms with van der Waals surface area (Å²) in [7, 11) is 0. The Morgan fingerprint density at radius 3 is 1.04 bits per heavy atom. The highest BCUT2D eigenvalue weighted by Crippen LogP contribution is 2.57. The standard InChI is InChI=1S/C31H6F14N4/c1-7-9(3-46)23(35)26(38)16(20(7)32)10(4-47)13-14(11(5-48)17-24(36)21(33)8(2)22(34)25(17)37)15(13)12(6-49)18-27(39)29(41)19(31(43,44)45)30(42)28(18)40/h1-2H3/b13-10?,14-11-,15-12+. The fourth-order valence-corrected chi connectivity index (χ4v) is 4.84. The van der Waals surface area contributed by atoms with E-state index in [0.717, 1.165) is 24.3 Å². The minimum atomic E-state index is -6.09. The van der Waals surface area contributed by atoms with Crippen molar-refractivity contribution in [1.29, 1.82) is 21.0 Å². The average Bonchev–Trinajstić information content (AvgIpc) is 3.76. The summed E-state index contributed by atoms with van der Waals surface area (Å²) in [6, 6.07) is 4.05. The van der Waals surface area contributed by atoms with Gasteiger partial charge < -0.3 is 0 Å². The molecule has 1 aliphatic rings. The van der Waals surface area contributed by atoms with Gasteiger partial charge in [-0.2, -0.15) is 34.2 Å². The van der Waals surface area contributed by atoms with Gasteiger partial charge in [-0.25, -0.2) is 48.3 Å². The Bertz CT molecular complexity index is 2250. The highest BCUT2D eigenvalue weighted by Gasteiger charge is 2.48. The van der Waals surface area contributed by atoms with Gasteiger partial charge in [0.2, 0.25) is 0 Å². The van der Waals surface area contributed by atoms with Crippen LogP contribution < -0.4 is 0 Å². The average molecular weight is 700 g/mol. The first-order valence-electron chi connectivity index (χ1n) is 12.5. The van der Waals surface area contributed by atoms with Gasteiger partial charge in [-0.15, -0.1) is 0 Å². The van der Waals surface area contributed by atoms with E-state index in [9.17, 15) is 50.9 Å². The van der Waals surface area contributed by atoms with Crippen LogP contribution in [-0.4, -0.2) is 0 Å². The lowest BCUT2D eigenvalue weighted by Gasteiger charge is -2.13. The van der Waals surface area contributed by atoms with Crippen molar-refractivity contribution < 1.29 is 61.5 Å². The lowest BCUT2D eigenvalue weighted by Crippen LogP contribution is -2.17. The van der Waals surface area contributed by atoms with Gasteiger partial charge in [0.1, 0.15) is 35.7 Å². The molecule has 248 valence electrons. The Hall–Kier alpha value is -6.14. The van der Waals surface area contributed by atoms with E-state index in [-0.39, 0.29) is 0 Å². The van der Waals surface area contributed by atoms with Gasteiger partial charge in [-0.1, -0.05) is 0 Å². The van der Waals surface area contributed by atoms with Crippen LogP contribution in [0, 0.1) is 123 Å². The maximum atomic E-state index is 15.4. The van der Waals surface area contributed by atoms with E-state index >= 15 is 26.3 Å². The Morgan fingerprint density at radius 1 is 0.429 bits per heavy atom. The first kappa shape index (κ1) is 35.7. The summed E-state index contributed by atoms with van der Waals surface area (Å²) in [5, 5.41) is 38.6. The molecule has 4 rings (SSSR count). The van der Waals surface area contributed by atoms with E-state index in [0.29, 0.717) is 13.8 Å². The maximum Gasteiger partial charge on any atom is 0.422 e. The third-order valence-corrected chi connectivity index (χ3v) is 7.22. The summed E-state index contributed by atoms with van der Waals surface area (Å²) >= 11 is 0. The van der Waals surface area contributed by atoms with Gasteiger partial charge in [-0.3, -0.25) is 0 Å². The predicted octanol–water partition coefficient (Wildman–Crippen LogP) is 8.97. The van der Waals surface area contributed by atoms with E-state index in [1.54, 1.807) is 0 Å². The topological polar surface area (TPSA) is 95.2 Å². The van der Waals surface area contributed by atoms with Crippen molar-refractivity contribution in [2.75, 3.05) is 0 Å². The molecule has 0 aromatic heterocycles. The van der Waals surface area contributed by atoms with E-state index in [2.05, 4.69) is 0 Å². The second kappa shape index (κ2) is 12.1. The summed E-state index contributed by atoms with van der Waals surface area (Å²) in [5.74, 6) is -27.6. The summed E-state index contributed by atoms with van der Waals surface area (Å²) < 4.78 is 203. The quantitative estimate of drug-likeness (QED) is 0.155. The molecule has 0 amide bonds. The van der Waals surface area contributed by atoms with Crippen molar-refractivity contribution in [3.8, 4) is 24.3 Å². The van der Waals surface area contributed by atoms with Gasteiger partial charge in [-0.05, 0) is 13.8 Å². The van der Waals surface area contributed by atoms with Crippen molar-refractivity contribution in [1.82, 2.24) is 0 Å². The Kier molecular flexibility index (Phi) is 8.85. The highest BCUT2D eigenvalue weighted by molar-refractivity contribution is 6.12. The third-order valence-electron chi connectivity index (χ3n) is 7.22. The predicted molar refractivity (Wildman–Crippen MR) is 136 cm³/mol. The number of benzene rings is 3. The molecule has 49 heavy (non-hydrogen) atoms. The number of hydrogen-bond donors (Lipinski definition) is 0. The molecule has 0 atom stereocenters.